The van der Waals surface area contributed by atoms with Gasteiger partial charge in [-0.1, -0.05) is 0 Å². The summed E-state index contributed by atoms with van der Waals surface area (Å²) in [6.45, 7) is 3.97. The monoisotopic (exact) mass is 466 g/mol. The molecule has 0 amide bonds. The number of aryl methyl sites for hydroxylation is 1. The maximum atomic E-state index is 6.16. The molecule has 1 saturated heterocycles. The molecule has 0 aliphatic carbocycles. The van der Waals surface area contributed by atoms with Gasteiger partial charge in [0, 0.05) is 27.0 Å². The van der Waals surface area contributed by atoms with Gasteiger partial charge in [-0.15, -0.1) is 24.2 Å². The van der Waals surface area contributed by atoms with E-state index in [0.717, 1.165) is 17.0 Å². The van der Waals surface area contributed by atoms with Gasteiger partial charge in [-0.25, -0.2) is 0 Å². The number of hydrogen-bond acceptors (Lipinski definition) is 7. The third kappa shape index (κ3) is 6.10. The molecule has 29 heavy (non-hydrogen) atoms. The lowest BCUT2D eigenvalue weighted by Crippen LogP contribution is -2.58. The fraction of sp³-hybridized carbons (Fsp3) is 0.632. The number of thioether (sulfide) groups is 1. The van der Waals surface area contributed by atoms with Crippen molar-refractivity contribution < 1.29 is 23.7 Å². The number of hydrogen-bond donors (Lipinski definition) is 1. The highest BCUT2D eigenvalue weighted by molar-refractivity contribution is 8.00. The molecule has 2 rings (SSSR count). The molecule has 0 radical (unpaired) electrons. The Morgan fingerprint density at radius 1 is 1.14 bits per heavy atom. The Morgan fingerprint density at radius 2 is 1.76 bits per heavy atom. The first kappa shape index (κ1) is 26.2. The lowest BCUT2D eigenvalue weighted by atomic mass is 10.0. The average molecular weight is 467 g/mol. The van der Waals surface area contributed by atoms with Gasteiger partial charge in [-0.3, -0.25) is 0 Å². The van der Waals surface area contributed by atoms with Crippen LogP contribution >= 0.6 is 36.4 Å². The largest absolute Gasteiger partial charge is 0.497 e. The number of thiocarbonyl (C=S) groups is 1. The first-order valence-electron chi connectivity index (χ1n) is 8.94. The number of methoxy groups -OCH3 is 4. The molecule has 1 aromatic rings. The lowest BCUT2D eigenvalue weighted by molar-refractivity contribution is -0.216. The van der Waals surface area contributed by atoms with Crippen LogP contribution in [0.15, 0.2) is 18.2 Å². The first-order chi connectivity index (χ1) is 13.4. The molecule has 10 heteroatoms. The smallest absolute Gasteiger partial charge is 0.171 e. The predicted molar refractivity (Wildman–Crippen MR) is 123 cm³/mol. The fourth-order valence-corrected chi connectivity index (χ4v) is 4.93. The molecule has 1 aliphatic rings. The second-order valence-electron chi connectivity index (χ2n) is 6.52. The molecule has 7 nitrogen and oxygen atoms in total. The first-order valence-corrected chi connectivity index (χ1v) is 10.4. The number of anilines is 1. The van der Waals surface area contributed by atoms with Gasteiger partial charge >= 0.3 is 0 Å². The van der Waals surface area contributed by atoms with E-state index in [9.17, 15) is 0 Å². The predicted octanol–water partition coefficient (Wildman–Crippen LogP) is 2.96. The SMILES string of the molecule is COc1ccc(N(CS[C@@H]2O[C@@H](C)[C@H](OC)[C@@H](OC)[C@H]2OC)C(N)=S)c(C)c1.Cl. The Hall–Kier alpha value is -0.810. The highest BCUT2D eigenvalue weighted by Crippen LogP contribution is 2.34. The Bertz CT molecular complexity index is 669. The van der Waals surface area contributed by atoms with Crippen molar-refractivity contribution in [3.63, 3.8) is 0 Å². The Balaban J connectivity index is 0.00000420. The molecular formula is C19H31ClN2O5S2. The van der Waals surface area contributed by atoms with Crippen molar-refractivity contribution >= 4 is 47.2 Å². The number of halogens is 1. The topological polar surface area (TPSA) is 75.4 Å². The van der Waals surface area contributed by atoms with E-state index in [4.69, 9.17) is 41.6 Å². The molecule has 0 bridgehead atoms. The molecular weight excluding hydrogens is 436 g/mol. The van der Waals surface area contributed by atoms with Crippen LogP contribution in [0, 0.1) is 6.92 Å². The summed E-state index contributed by atoms with van der Waals surface area (Å²) in [5.74, 6) is 1.29. The highest BCUT2D eigenvalue weighted by Gasteiger charge is 2.45. The maximum absolute atomic E-state index is 6.16. The Labute approximate surface area is 188 Å². The van der Waals surface area contributed by atoms with E-state index in [1.54, 1.807) is 40.2 Å². The normalized spacial score (nSPS) is 26.5. The molecule has 1 aromatic carbocycles. The van der Waals surface area contributed by atoms with Gasteiger partial charge in [0.2, 0.25) is 0 Å². The second kappa shape index (κ2) is 12.1. The van der Waals surface area contributed by atoms with Gasteiger partial charge in [-0.05, 0) is 49.8 Å². The van der Waals surface area contributed by atoms with Crippen LogP contribution in [-0.2, 0) is 18.9 Å². The third-order valence-electron chi connectivity index (χ3n) is 4.87. The molecule has 166 valence electrons. The molecule has 1 fully saturated rings. The molecule has 0 spiro atoms. The number of benzene rings is 1. The van der Waals surface area contributed by atoms with E-state index in [1.807, 2.05) is 36.9 Å². The van der Waals surface area contributed by atoms with Crippen molar-refractivity contribution in [1.82, 2.24) is 0 Å². The maximum Gasteiger partial charge on any atom is 0.171 e. The van der Waals surface area contributed by atoms with Crippen molar-refractivity contribution in [2.24, 2.45) is 5.73 Å². The Morgan fingerprint density at radius 3 is 2.24 bits per heavy atom. The van der Waals surface area contributed by atoms with Crippen LogP contribution in [0.5, 0.6) is 5.75 Å². The fourth-order valence-electron chi connectivity index (χ4n) is 3.41. The zero-order chi connectivity index (χ0) is 20.8. The standard InChI is InChI=1S/C19H30N2O5S2.ClH/c1-11-9-13(22-3)7-8-14(11)21(19(20)27)10-28-18-17(25-6)16(24-5)15(23-4)12(2)26-18;/h7-9,12,15-18H,10H2,1-6H3,(H2,20,27);1H/t12-,15-,16+,17+,18-;/m0./s1. The van der Waals surface area contributed by atoms with Crippen LogP contribution in [0.25, 0.3) is 0 Å². The van der Waals surface area contributed by atoms with E-state index in [-0.39, 0.29) is 47.4 Å². The van der Waals surface area contributed by atoms with E-state index in [1.165, 1.54) is 0 Å². The third-order valence-corrected chi connectivity index (χ3v) is 6.21. The second-order valence-corrected chi connectivity index (χ2v) is 8.00. The molecule has 1 aliphatic heterocycles. The quantitative estimate of drug-likeness (QED) is 0.459. The summed E-state index contributed by atoms with van der Waals surface area (Å²) in [5, 5.41) is 0.289. The van der Waals surface area contributed by atoms with Crippen LogP contribution in [0.1, 0.15) is 12.5 Å². The van der Waals surface area contributed by atoms with Gasteiger partial charge in [0.1, 0.15) is 29.5 Å². The summed E-state index contributed by atoms with van der Waals surface area (Å²) in [7, 11) is 6.60. The summed E-state index contributed by atoms with van der Waals surface area (Å²) >= 11 is 6.85. The van der Waals surface area contributed by atoms with E-state index in [0.29, 0.717) is 5.88 Å². The molecule has 0 aromatic heterocycles. The van der Waals surface area contributed by atoms with Crippen molar-refractivity contribution in [1.29, 1.82) is 0 Å². The van der Waals surface area contributed by atoms with Crippen LogP contribution in [-0.4, -0.2) is 69.3 Å². The summed E-state index contributed by atoms with van der Waals surface area (Å²) in [5.41, 5.74) is 7.70. The van der Waals surface area contributed by atoms with Gasteiger partial charge in [-0.2, -0.15) is 0 Å². The minimum absolute atomic E-state index is 0. The molecule has 2 N–H and O–H groups in total. The number of nitrogens with zero attached hydrogens (tertiary/aromatic N) is 1. The minimum atomic E-state index is -0.290. The van der Waals surface area contributed by atoms with Crippen LogP contribution < -0.4 is 15.4 Å². The molecule has 5 atom stereocenters. The van der Waals surface area contributed by atoms with Crippen molar-refractivity contribution in [2.75, 3.05) is 39.2 Å². The van der Waals surface area contributed by atoms with Crippen molar-refractivity contribution in [3.8, 4) is 5.75 Å². The summed E-state index contributed by atoms with van der Waals surface area (Å²) < 4.78 is 28.3. The number of nitrogens with two attached hydrogens (primary N) is 1. The zero-order valence-corrected chi connectivity index (χ0v) is 20.1. The lowest BCUT2D eigenvalue weighted by Gasteiger charge is -2.44. The van der Waals surface area contributed by atoms with Gasteiger partial charge in [0.25, 0.3) is 0 Å². The molecule has 0 unspecified atom stereocenters. The van der Waals surface area contributed by atoms with Crippen LogP contribution in [0.2, 0.25) is 0 Å². The zero-order valence-electron chi connectivity index (χ0n) is 17.6. The van der Waals surface area contributed by atoms with E-state index < -0.39 is 0 Å². The summed E-state index contributed by atoms with van der Waals surface area (Å²) in [4.78, 5) is 1.87. The number of ether oxygens (including phenoxy) is 5. The Kier molecular flexibility index (Phi) is 11.0. The van der Waals surface area contributed by atoms with Crippen LogP contribution in [0.3, 0.4) is 0 Å². The van der Waals surface area contributed by atoms with Crippen molar-refractivity contribution in [3.05, 3.63) is 23.8 Å². The van der Waals surface area contributed by atoms with Crippen molar-refractivity contribution in [2.45, 2.75) is 43.7 Å². The van der Waals surface area contributed by atoms with E-state index >= 15 is 0 Å². The van der Waals surface area contributed by atoms with Gasteiger partial charge in [0.15, 0.2) is 5.11 Å². The molecule has 0 saturated carbocycles. The van der Waals surface area contributed by atoms with Gasteiger partial charge < -0.3 is 34.3 Å². The molecule has 1 heterocycles. The summed E-state index contributed by atoms with van der Waals surface area (Å²) in [6.07, 6.45) is -0.874. The van der Waals surface area contributed by atoms with E-state index in [2.05, 4.69) is 0 Å². The van der Waals surface area contributed by atoms with Gasteiger partial charge in [0.05, 0.1) is 19.1 Å². The summed E-state index contributed by atoms with van der Waals surface area (Å²) in [6, 6.07) is 5.79. The average Bonchev–Trinajstić information content (AvgIpc) is 2.68. The number of rotatable bonds is 8. The highest BCUT2D eigenvalue weighted by atomic mass is 35.5. The minimum Gasteiger partial charge on any atom is -0.497 e. The van der Waals surface area contributed by atoms with Crippen LogP contribution in [0.4, 0.5) is 5.69 Å².